The van der Waals surface area contributed by atoms with Crippen LogP contribution >= 0.6 is 15.9 Å². The van der Waals surface area contributed by atoms with Gasteiger partial charge in [0.05, 0.1) is 7.11 Å². The van der Waals surface area contributed by atoms with Gasteiger partial charge in [0.2, 0.25) is 10.0 Å². The zero-order valence-corrected chi connectivity index (χ0v) is 13.6. The number of halogens is 1. The van der Waals surface area contributed by atoms with Crippen molar-refractivity contribution in [2.24, 2.45) is 0 Å². The standard InChI is InChI=1S/C13H18BrNO3S/c1-10-8-12(18-2)13(9-11(10)14)19(16,17)15-6-4-3-5-7-15/h8-9H,3-7H2,1-2H3. The van der Waals surface area contributed by atoms with Crippen LogP contribution in [0.3, 0.4) is 0 Å². The average molecular weight is 348 g/mol. The molecule has 106 valence electrons. The Hall–Kier alpha value is -0.590. The van der Waals surface area contributed by atoms with Crippen LogP contribution < -0.4 is 4.74 Å². The first-order chi connectivity index (χ1) is 8.96. The molecule has 0 atom stereocenters. The van der Waals surface area contributed by atoms with Crippen molar-refractivity contribution in [1.82, 2.24) is 4.31 Å². The van der Waals surface area contributed by atoms with E-state index in [-0.39, 0.29) is 4.90 Å². The third kappa shape index (κ3) is 2.95. The van der Waals surface area contributed by atoms with E-state index in [0.29, 0.717) is 18.8 Å². The number of hydrogen-bond donors (Lipinski definition) is 0. The first-order valence-electron chi connectivity index (χ1n) is 6.31. The number of aryl methyl sites for hydroxylation is 1. The van der Waals surface area contributed by atoms with Gasteiger partial charge in [0, 0.05) is 17.6 Å². The largest absolute Gasteiger partial charge is 0.495 e. The van der Waals surface area contributed by atoms with Crippen LogP contribution in [0.1, 0.15) is 24.8 Å². The summed E-state index contributed by atoms with van der Waals surface area (Å²) in [6.07, 6.45) is 2.95. The fourth-order valence-corrected chi connectivity index (χ4v) is 4.42. The summed E-state index contributed by atoms with van der Waals surface area (Å²) >= 11 is 3.39. The number of methoxy groups -OCH3 is 1. The molecule has 1 fully saturated rings. The lowest BCUT2D eigenvalue weighted by atomic mass is 10.2. The summed E-state index contributed by atoms with van der Waals surface area (Å²) in [4.78, 5) is 0.245. The molecule has 19 heavy (non-hydrogen) atoms. The molecule has 1 aromatic rings. The maximum absolute atomic E-state index is 12.7. The zero-order chi connectivity index (χ0) is 14.0. The molecule has 0 saturated carbocycles. The van der Waals surface area contributed by atoms with Crippen molar-refractivity contribution in [3.05, 3.63) is 22.2 Å². The van der Waals surface area contributed by atoms with Gasteiger partial charge in [-0.1, -0.05) is 22.4 Å². The molecule has 4 nitrogen and oxygen atoms in total. The highest BCUT2D eigenvalue weighted by molar-refractivity contribution is 9.10. The van der Waals surface area contributed by atoms with E-state index in [1.165, 1.54) is 7.11 Å². The molecule has 0 unspecified atom stereocenters. The molecule has 1 aliphatic rings. The number of piperidine rings is 1. The fraction of sp³-hybridized carbons (Fsp3) is 0.538. The lowest BCUT2D eigenvalue weighted by Crippen LogP contribution is -2.35. The van der Waals surface area contributed by atoms with Gasteiger partial charge in [-0.3, -0.25) is 0 Å². The van der Waals surface area contributed by atoms with Crippen LogP contribution in [-0.2, 0) is 10.0 Å². The zero-order valence-electron chi connectivity index (χ0n) is 11.1. The highest BCUT2D eigenvalue weighted by Crippen LogP contribution is 2.33. The van der Waals surface area contributed by atoms with Gasteiger partial charge >= 0.3 is 0 Å². The van der Waals surface area contributed by atoms with Crippen molar-refractivity contribution >= 4 is 26.0 Å². The third-order valence-electron chi connectivity index (χ3n) is 3.38. The SMILES string of the molecule is COc1cc(C)c(Br)cc1S(=O)(=O)N1CCCCC1. The van der Waals surface area contributed by atoms with Crippen LogP contribution in [0.25, 0.3) is 0 Å². The Bertz CT molecular complexity index is 565. The number of ether oxygens (including phenoxy) is 1. The highest BCUT2D eigenvalue weighted by atomic mass is 79.9. The maximum Gasteiger partial charge on any atom is 0.246 e. The molecule has 0 aliphatic carbocycles. The molecule has 0 amide bonds. The summed E-state index contributed by atoms with van der Waals surface area (Å²) in [7, 11) is -1.97. The Morgan fingerprint density at radius 2 is 1.84 bits per heavy atom. The van der Waals surface area contributed by atoms with Gasteiger partial charge in [0.1, 0.15) is 10.6 Å². The lowest BCUT2D eigenvalue weighted by molar-refractivity contribution is 0.342. The van der Waals surface area contributed by atoms with Gasteiger partial charge in [-0.05, 0) is 37.5 Å². The molecule has 1 saturated heterocycles. The van der Waals surface area contributed by atoms with Gasteiger partial charge in [-0.25, -0.2) is 8.42 Å². The number of nitrogens with zero attached hydrogens (tertiary/aromatic N) is 1. The van der Waals surface area contributed by atoms with Crippen LogP contribution in [0, 0.1) is 6.92 Å². The van der Waals surface area contributed by atoms with Gasteiger partial charge in [-0.15, -0.1) is 0 Å². The van der Waals surface area contributed by atoms with Crippen LogP contribution in [0.15, 0.2) is 21.5 Å². The summed E-state index contributed by atoms with van der Waals surface area (Å²) in [6, 6.07) is 3.39. The van der Waals surface area contributed by atoms with Crippen molar-refractivity contribution in [3.8, 4) is 5.75 Å². The Balaban J connectivity index is 2.47. The Morgan fingerprint density at radius 1 is 1.21 bits per heavy atom. The first kappa shape index (κ1) is 14.8. The molecular formula is C13H18BrNO3S. The second kappa shape index (κ2) is 5.81. The van der Waals surface area contributed by atoms with Crippen molar-refractivity contribution in [2.75, 3.05) is 20.2 Å². The van der Waals surface area contributed by atoms with E-state index >= 15 is 0 Å². The molecule has 1 heterocycles. The summed E-state index contributed by atoms with van der Waals surface area (Å²) in [5.74, 6) is 0.409. The van der Waals surface area contributed by atoms with Crippen LogP contribution in [-0.4, -0.2) is 32.9 Å². The number of hydrogen-bond acceptors (Lipinski definition) is 3. The van der Waals surface area contributed by atoms with Crippen molar-refractivity contribution in [3.63, 3.8) is 0 Å². The minimum atomic E-state index is -3.47. The Morgan fingerprint density at radius 3 is 2.42 bits per heavy atom. The molecular weight excluding hydrogens is 330 g/mol. The normalized spacial score (nSPS) is 17.4. The minimum absolute atomic E-state index is 0.245. The Kier molecular flexibility index (Phi) is 4.53. The topological polar surface area (TPSA) is 46.6 Å². The van der Waals surface area contributed by atoms with Crippen molar-refractivity contribution in [1.29, 1.82) is 0 Å². The molecule has 0 bridgehead atoms. The van der Waals surface area contributed by atoms with Gasteiger partial charge in [0.15, 0.2) is 0 Å². The van der Waals surface area contributed by atoms with E-state index in [1.807, 2.05) is 6.92 Å². The van der Waals surface area contributed by atoms with Crippen LogP contribution in [0.4, 0.5) is 0 Å². The van der Waals surface area contributed by atoms with E-state index < -0.39 is 10.0 Å². The number of rotatable bonds is 3. The van der Waals surface area contributed by atoms with E-state index in [2.05, 4.69) is 15.9 Å². The monoisotopic (exact) mass is 347 g/mol. The predicted molar refractivity (Wildman–Crippen MR) is 78.0 cm³/mol. The quantitative estimate of drug-likeness (QED) is 0.844. The van der Waals surface area contributed by atoms with Gasteiger partial charge < -0.3 is 4.74 Å². The average Bonchev–Trinajstić information content (AvgIpc) is 2.42. The molecule has 2 rings (SSSR count). The van der Waals surface area contributed by atoms with E-state index in [0.717, 1.165) is 29.3 Å². The molecule has 1 aliphatic heterocycles. The summed E-state index contributed by atoms with van der Waals surface area (Å²) in [6.45, 7) is 3.10. The molecule has 0 aromatic heterocycles. The van der Waals surface area contributed by atoms with E-state index in [9.17, 15) is 8.42 Å². The second-order valence-electron chi connectivity index (χ2n) is 4.72. The van der Waals surface area contributed by atoms with Gasteiger partial charge in [0.25, 0.3) is 0 Å². The molecule has 0 radical (unpaired) electrons. The lowest BCUT2D eigenvalue weighted by Gasteiger charge is -2.26. The molecule has 6 heteroatoms. The minimum Gasteiger partial charge on any atom is -0.495 e. The van der Waals surface area contributed by atoms with Crippen molar-refractivity contribution in [2.45, 2.75) is 31.1 Å². The Labute approximate surface area is 122 Å². The van der Waals surface area contributed by atoms with E-state index in [4.69, 9.17) is 4.74 Å². The summed E-state index contributed by atoms with van der Waals surface area (Å²) < 4.78 is 32.9. The predicted octanol–water partition coefficient (Wildman–Crippen LogP) is 2.94. The molecule has 1 aromatic carbocycles. The first-order valence-corrected chi connectivity index (χ1v) is 8.54. The number of benzene rings is 1. The summed E-state index contributed by atoms with van der Waals surface area (Å²) in [5.41, 5.74) is 0.953. The van der Waals surface area contributed by atoms with Crippen molar-refractivity contribution < 1.29 is 13.2 Å². The summed E-state index contributed by atoms with van der Waals surface area (Å²) in [5, 5.41) is 0. The smallest absolute Gasteiger partial charge is 0.246 e. The maximum atomic E-state index is 12.7. The van der Waals surface area contributed by atoms with Gasteiger partial charge in [-0.2, -0.15) is 4.31 Å². The fourth-order valence-electron chi connectivity index (χ4n) is 2.24. The van der Waals surface area contributed by atoms with E-state index in [1.54, 1.807) is 16.4 Å². The highest BCUT2D eigenvalue weighted by Gasteiger charge is 2.29. The third-order valence-corrected chi connectivity index (χ3v) is 6.15. The number of sulfonamides is 1. The molecule has 0 spiro atoms. The second-order valence-corrected chi connectivity index (χ2v) is 7.48. The molecule has 0 N–H and O–H groups in total. The van der Waals surface area contributed by atoms with Crippen LogP contribution in [0.5, 0.6) is 5.75 Å². The van der Waals surface area contributed by atoms with Crippen LogP contribution in [0.2, 0.25) is 0 Å².